The number of hydrogen-bond donors (Lipinski definition) is 3. The lowest BCUT2D eigenvalue weighted by molar-refractivity contribution is 0.253. The van der Waals surface area contributed by atoms with E-state index in [1.165, 1.54) is 0 Å². The van der Waals surface area contributed by atoms with Crippen molar-refractivity contribution in [2.45, 2.75) is 0 Å². The lowest BCUT2D eigenvalue weighted by atomic mass is 10.3. The van der Waals surface area contributed by atoms with E-state index in [1.54, 1.807) is 60.7 Å². The summed E-state index contributed by atoms with van der Waals surface area (Å²) in [6, 6.07) is 15.7. The highest BCUT2D eigenvalue weighted by molar-refractivity contribution is 7.53. The molecule has 2 rings (SSSR count). The van der Waals surface area contributed by atoms with E-state index in [0.29, 0.717) is 0 Å². The van der Waals surface area contributed by atoms with E-state index < -0.39 is 19.7 Å². The van der Waals surface area contributed by atoms with E-state index in [-0.39, 0.29) is 11.5 Å². The van der Waals surface area contributed by atoms with Crippen LogP contribution in [0.4, 0.5) is 4.79 Å². The van der Waals surface area contributed by atoms with E-state index in [0.717, 1.165) is 0 Å². The van der Waals surface area contributed by atoms with Gasteiger partial charge in [-0.05, 0) is 24.3 Å². The Morgan fingerprint density at radius 2 is 1.35 bits per heavy atom. The summed E-state index contributed by atoms with van der Waals surface area (Å²) >= 11 is 0. The van der Waals surface area contributed by atoms with Crippen molar-refractivity contribution in [3.8, 4) is 11.5 Å². The Balaban J connectivity index is 2.29. The zero-order chi connectivity index (χ0) is 16.7. The zero-order valence-electron chi connectivity index (χ0n) is 12.0. The van der Waals surface area contributed by atoms with Crippen molar-refractivity contribution in [2.24, 2.45) is 16.2 Å². The Morgan fingerprint density at radius 1 is 0.913 bits per heavy atom. The van der Waals surface area contributed by atoms with Crippen molar-refractivity contribution in [1.29, 1.82) is 0 Å². The molecular formula is C14H15N4O4P. The third-order valence-corrected chi connectivity index (χ3v) is 3.75. The van der Waals surface area contributed by atoms with Crippen LogP contribution >= 0.6 is 7.75 Å². The minimum absolute atomic E-state index is 0.266. The van der Waals surface area contributed by atoms with Crippen LogP contribution in [0.5, 0.6) is 11.5 Å². The molecule has 8 nitrogen and oxygen atoms in total. The van der Waals surface area contributed by atoms with Crippen molar-refractivity contribution in [3.05, 3.63) is 60.7 Å². The molecule has 0 aromatic heterocycles. The van der Waals surface area contributed by atoms with Crippen LogP contribution in [0.25, 0.3) is 0 Å². The first kappa shape index (κ1) is 16.4. The molecule has 0 heterocycles. The largest absolute Gasteiger partial charge is 0.566 e. The van der Waals surface area contributed by atoms with Gasteiger partial charge in [-0.3, -0.25) is 5.32 Å². The molecule has 0 aliphatic rings. The molecule has 0 aliphatic carbocycles. The third-order valence-electron chi connectivity index (χ3n) is 2.41. The van der Waals surface area contributed by atoms with Gasteiger partial charge in [-0.15, -0.1) is 4.76 Å². The van der Waals surface area contributed by atoms with Gasteiger partial charge in [0.25, 0.3) is 0 Å². The zero-order valence-corrected chi connectivity index (χ0v) is 12.9. The molecule has 9 heteroatoms. The number of primary amides is 1. The predicted molar refractivity (Wildman–Crippen MR) is 86.1 cm³/mol. The van der Waals surface area contributed by atoms with Crippen molar-refractivity contribution in [3.63, 3.8) is 0 Å². The maximum Gasteiger partial charge on any atom is 0.566 e. The van der Waals surface area contributed by atoms with Crippen LogP contribution in [0.15, 0.2) is 65.4 Å². The highest BCUT2D eigenvalue weighted by Crippen LogP contribution is 2.49. The molecule has 2 aromatic rings. The van der Waals surface area contributed by atoms with Crippen LogP contribution in [0.3, 0.4) is 0 Å². The number of guanidine groups is 1. The number of urea groups is 1. The standard InChI is InChI=1S/C14H15N4O4P/c15-13(17-14(16)19)18-23(20,21-11-7-3-1-4-8-11)22-12-9-5-2-6-10-12/h1-10H,(H5,15,16,17,18,19,20). The van der Waals surface area contributed by atoms with Crippen molar-refractivity contribution < 1.29 is 18.4 Å². The first-order valence-electron chi connectivity index (χ1n) is 6.48. The van der Waals surface area contributed by atoms with Crippen molar-refractivity contribution in [2.75, 3.05) is 0 Å². The van der Waals surface area contributed by atoms with E-state index in [1.807, 2.05) is 5.32 Å². The van der Waals surface area contributed by atoms with Crippen LogP contribution in [-0.2, 0) is 4.57 Å². The van der Waals surface area contributed by atoms with Crippen molar-refractivity contribution in [1.82, 2.24) is 5.32 Å². The van der Waals surface area contributed by atoms with Gasteiger partial charge in [0.1, 0.15) is 11.5 Å². The number of benzene rings is 2. The van der Waals surface area contributed by atoms with E-state index in [2.05, 4.69) is 4.76 Å². The van der Waals surface area contributed by atoms with Gasteiger partial charge in [0.05, 0.1) is 0 Å². The number of nitrogens with one attached hydrogen (secondary N) is 1. The molecule has 0 fully saturated rings. The Bertz CT molecular complexity index is 691. The predicted octanol–water partition coefficient (Wildman–Crippen LogP) is 2.24. The Labute approximate surface area is 132 Å². The molecule has 0 radical (unpaired) electrons. The summed E-state index contributed by atoms with van der Waals surface area (Å²) in [4.78, 5) is 10.8. The number of rotatable bonds is 5. The molecule has 23 heavy (non-hydrogen) atoms. The molecule has 0 aliphatic heterocycles. The monoisotopic (exact) mass is 334 g/mol. The van der Waals surface area contributed by atoms with Crippen LogP contribution in [0.2, 0.25) is 0 Å². The van der Waals surface area contributed by atoms with Gasteiger partial charge < -0.3 is 20.5 Å². The molecule has 2 aromatic carbocycles. The highest BCUT2D eigenvalue weighted by Gasteiger charge is 2.29. The number of hydrogen-bond acceptors (Lipinski definition) is 4. The van der Waals surface area contributed by atoms with Gasteiger partial charge in [0.15, 0.2) is 0 Å². The van der Waals surface area contributed by atoms with Gasteiger partial charge in [0, 0.05) is 0 Å². The first-order valence-corrected chi connectivity index (χ1v) is 7.98. The molecular weight excluding hydrogens is 319 g/mol. The topological polar surface area (TPSA) is 129 Å². The van der Waals surface area contributed by atoms with E-state index in [9.17, 15) is 9.36 Å². The normalized spacial score (nSPS) is 11.6. The summed E-state index contributed by atoms with van der Waals surface area (Å²) in [5.41, 5.74) is 10.4. The second kappa shape index (κ2) is 7.33. The van der Waals surface area contributed by atoms with Crippen LogP contribution < -0.4 is 25.8 Å². The second-order valence-electron chi connectivity index (χ2n) is 4.25. The van der Waals surface area contributed by atoms with Gasteiger partial charge in [0.2, 0.25) is 5.96 Å². The number of carbonyl (C=O) groups excluding carboxylic acids is 1. The van der Waals surface area contributed by atoms with Crippen LogP contribution in [0.1, 0.15) is 0 Å². The smallest absolute Gasteiger partial charge is 0.399 e. The van der Waals surface area contributed by atoms with Crippen LogP contribution in [-0.4, -0.2) is 12.0 Å². The molecule has 120 valence electrons. The summed E-state index contributed by atoms with van der Waals surface area (Å²) in [5, 5.41) is 2.00. The molecule has 5 N–H and O–H groups in total. The summed E-state index contributed by atoms with van der Waals surface area (Å²) in [5.74, 6) is 0.0532. The number of carbonyl (C=O) groups is 1. The molecule has 2 amide bonds. The van der Waals surface area contributed by atoms with Gasteiger partial charge in [-0.25, -0.2) is 9.36 Å². The number of para-hydroxylation sites is 2. The third kappa shape index (κ3) is 5.37. The fourth-order valence-corrected chi connectivity index (χ4v) is 2.78. The molecule has 0 saturated heterocycles. The molecule has 0 saturated carbocycles. The van der Waals surface area contributed by atoms with E-state index in [4.69, 9.17) is 20.5 Å². The molecule has 0 atom stereocenters. The first-order chi connectivity index (χ1) is 11.0. The van der Waals surface area contributed by atoms with Gasteiger partial charge in [-0.1, -0.05) is 36.4 Å². The Kier molecular flexibility index (Phi) is 5.22. The Hall–Kier alpha value is -2.99. The number of nitrogens with zero attached hydrogens (tertiary/aromatic N) is 1. The average Bonchev–Trinajstić information content (AvgIpc) is 2.47. The molecule has 0 unspecified atom stereocenters. The lowest BCUT2D eigenvalue weighted by Gasteiger charge is -2.16. The summed E-state index contributed by atoms with van der Waals surface area (Å²) < 4.78 is 27.1. The molecule has 0 spiro atoms. The minimum Gasteiger partial charge on any atom is -0.399 e. The van der Waals surface area contributed by atoms with Crippen LogP contribution in [0, 0.1) is 0 Å². The summed E-state index contributed by atoms with van der Waals surface area (Å²) in [6.07, 6.45) is 0. The van der Waals surface area contributed by atoms with E-state index >= 15 is 0 Å². The summed E-state index contributed by atoms with van der Waals surface area (Å²) in [7, 11) is -4.08. The quantitative estimate of drug-likeness (QED) is 0.439. The minimum atomic E-state index is -4.08. The maximum atomic E-state index is 12.8. The molecule has 0 bridgehead atoms. The average molecular weight is 334 g/mol. The fourth-order valence-electron chi connectivity index (χ4n) is 1.57. The second-order valence-corrected chi connectivity index (χ2v) is 5.75. The Morgan fingerprint density at radius 3 is 1.74 bits per heavy atom. The lowest BCUT2D eigenvalue weighted by Crippen LogP contribution is -2.40. The SMILES string of the molecule is NC(=O)N/C(N)=N/P(=O)(Oc1ccccc1)Oc1ccccc1. The number of nitrogens with two attached hydrogens (primary N) is 2. The highest BCUT2D eigenvalue weighted by atomic mass is 31.2. The van der Waals surface area contributed by atoms with Crippen molar-refractivity contribution >= 4 is 19.7 Å². The summed E-state index contributed by atoms with van der Waals surface area (Å²) in [6.45, 7) is 0. The van der Waals surface area contributed by atoms with Gasteiger partial charge >= 0.3 is 13.8 Å². The maximum absolute atomic E-state index is 12.8. The van der Waals surface area contributed by atoms with Gasteiger partial charge in [-0.2, -0.15) is 0 Å². The number of amides is 2. The fraction of sp³-hybridized carbons (Fsp3) is 0.